The monoisotopic (exact) mass is 507 g/mol. The second kappa shape index (κ2) is 7.37. The molecule has 9 nitrogen and oxygen atoms in total. The average molecular weight is 508 g/mol. The number of anilines is 1. The zero-order valence-electron chi connectivity index (χ0n) is 17.0. The number of carbonyl (C=O) groups excluding carboxylic acids is 1. The molecule has 32 heavy (non-hydrogen) atoms. The van der Waals surface area contributed by atoms with Gasteiger partial charge in [0.1, 0.15) is 11.3 Å². The lowest BCUT2D eigenvalue weighted by molar-refractivity contribution is -0.0946. The summed E-state index contributed by atoms with van der Waals surface area (Å²) < 4.78 is 59.7. The molecule has 0 saturated carbocycles. The Morgan fingerprint density at radius 2 is 1.97 bits per heavy atom. The Kier molecular flexibility index (Phi) is 5.27. The number of hydrogen-bond donors (Lipinski definition) is 1. The number of hydrogen-bond acceptors (Lipinski definition) is 6. The maximum absolute atomic E-state index is 13.4. The van der Waals surface area contributed by atoms with Crippen molar-refractivity contribution >= 4 is 50.7 Å². The zero-order valence-corrected chi connectivity index (χ0v) is 19.3. The predicted octanol–water partition coefficient (Wildman–Crippen LogP) is 3.65. The number of imidazole rings is 1. The normalized spacial score (nSPS) is 16.8. The van der Waals surface area contributed by atoms with Gasteiger partial charge in [-0.25, -0.2) is 22.2 Å². The van der Waals surface area contributed by atoms with Gasteiger partial charge in [-0.15, -0.1) is 11.6 Å². The van der Waals surface area contributed by atoms with Gasteiger partial charge in [0.2, 0.25) is 5.88 Å². The highest BCUT2D eigenvalue weighted by molar-refractivity contribution is 7.89. The van der Waals surface area contributed by atoms with E-state index in [4.69, 9.17) is 27.7 Å². The first-order valence-electron chi connectivity index (χ1n) is 9.23. The van der Waals surface area contributed by atoms with E-state index in [9.17, 15) is 22.0 Å². The number of amides is 1. The highest BCUT2D eigenvalue weighted by Crippen LogP contribution is 2.39. The Balaban J connectivity index is 1.82. The van der Waals surface area contributed by atoms with Crippen LogP contribution in [-0.4, -0.2) is 52.2 Å². The van der Waals surface area contributed by atoms with Gasteiger partial charge in [0.15, 0.2) is 5.03 Å². The number of aromatic nitrogens is 3. The lowest BCUT2D eigenvalue weighted by Gasteiger charge is -2.37. The van der Waals surface area contributed by atoms with Crippen molar-refractivity contribution < 1.29 is 26.5 Å². The van der Waals surface area contributed by atoms with Crippen LogP contribution in [0, 0.1) is 6.92 Å². The Labute approximate surface area is 191 Å². The molecule has 0 aliphatic carbocycles. The second-order valence-corrected chi connectivity index (χ2v) is 11.1. The molecular formula is C18H17Cl2F2N5O4S. The number of rotatable bonds is 5. The standard InChI is InChI=1S/C18H17Cl2F2N5O4S/c1-9-4-13(31-25-9)24-15(28)10-5-12-23-14(17(2,3)20)16(27(12)6-11(10)19)32(29,30)26-7-18(21,22)8-26/h4-6H,7-8H2,1-3H3,(H,24,28). The van der Waals surface area contributed by atoms with E-state index >= 15 is 0 Å². The molecule has 172 valence electrons. The number of pyridine rings is 1. The van der Waals surface area contributed by atoms with Gasteiger partial charge in [-0.2, -0.15) is 4.31 Å². The Hall–Kier alpha value is -2.28. The van der Waals surface area contributed by atoms with Crippen molar-refractivity contribution in [2.75, 3.05) is 18.4 Å². The summed E-state index contributed by atoms with van der Waals surface area (Å²) in [6, 6.07) is 2.78. The summed E-state index contributed by atoms with van der Waals surface area (Å²) in [7, 11) is -4.38. The Bertz CT molecular complexity index is 1340. The van der Waals surface area contributed by atoms with Gasteiger partial charge >= 0.3 is 0 Å². The SMILES string of the molecule is Cc1cc(NC(=O)c2cc3nc(C(C)(C)Cl)c(S(=O)(=O)N4CC(F)(F)C4)n3cc2Cl)on1. The van der Waals surface area contributed by atoms with Crippen molar-refractivity contribution in [1.29, 1.82) is 0 Å². The van der Waals surface area contributed by atoms with Gasteiger partial charge in [0.25, 0.3) is 21.9 Å². The summed E-state index contributed by atoms with van der Waals surface area (Å²) in [5.74, 6) is -3.65. The third-order valence-electron chi connectivity index (χ3n) is 4.74. The molecular weight excluding hydrogens is 491 g/mol. The van der Waals surface area contributed by atoms with E-state index < -0.39 is 39.8 Å². The van der Waals surface area contributed by atoms with Crippen LogP contribution >= 0.6 is 23.2 Å². The van der Waals surface area contributed by atoms with E-state index in [1.807, 2.05) is 0 Å². The lowest BCUT2D eigenvalue weighted by Crippen LogP contribution is -2.58. The van der Waals surface area contributed by atoms with Crippen molar-refractivity contribution in [2.45, 2.75) is 36.6 Å². The number of nitrogens with zero attached hydrogens (tertiary/aromatic N) is 4. The van der Waals surface area contributed by atoms with Gasteiger partial charge in [-0.05, 0) is 26.8 Å². The number of sulfonamides is 1. The minimum atomic E-state index is -4.38. The van der Waals surface area contributed by atoms with Crippen molar-refractivity contribution in [3.05, 3.63) is 40.3 Å². The van der Waals surface area contributed by atoms with Gasteiger partial charge in [-0.3, -0.25) is 14.5 Å². The summed E-state index contributed by atoms with van der Waals surface area (Å²) in [5, 5.41) is 5.66. The summed E-state index contributed by atoms with van der Waals surface area (Å²) in [6.45, 7) is 2.81. The fourth-order valence-electron chi connectivity index (χ4n) is 3.21. The third-order valence-corrected chi connectivity index (χ3v) is 7.04. The molecule has 0 atom stereocenters. The van der Waals surface area contributed by atoms with Crippen LogP contribution < -0.4 is 5.32 Å². The molecule has 1 aliphatic rings. The Morgan fingerprint density at radius 3 is 2.50 bits per heavy atom. The van der Waals surface area contributed by atoms with E-state index in [1.165, 1.54) is 32.2 Å². The van der Waals surface area contributed by atoms with Crippen LogP contribution in [0.5, 0.6) is 0 Å². The largest absolute Gasteiger partial charge is 0.338 e. The summed E-state index contributed by atoms with van der Waals surface area (Å²) in [6.07, 6.45) is 1.18. The molecule has 0 radical (unpaired) electrons. The minimum absolute atomic E-state index is 0.0171. The molecule has 1 aliphatic heterocycles. The maximum atomic E-state index is 13.4. The molecule has 3 aromatic rings. The topological polar surface area (TPSA) is 110 Å². The highest BCUT2D eigenvalue weighted by Gasteiger charge is 2.51. The quantitative estimate of drug-likeness (QED) is 0.527. The van der Waals surface area contributed by atoms with Crippen molar-refractivity contribution in [2.24, 2.45) is 0 Å². The molecule has 4 heterocycles. The molecule has 0 bridgehead atoms. The average Bonchev–Trinajstić information content (AvgIpc) is 3.21. The van der Waals surface area contributed by atoms with Gasteiger partial charge < -0.3 is 4.52 Å². The smallest absolute Gasteiger partial charge is 0.275 e. The molecule has 1 saturated heterocycles. The van der Waals surface area contributed by atoms with Crippen LogP contribution in [0.4, 0.5) is 14.7 Å². The lowest BCUT2D eigenvalue weighted by atomic mass is 10.1. The first kappa shape index (κ1) is 22.9. The predicted molar refractivity (Wildman–Crippen MR) is 112 cm³/mol. The number of fused-ring (bicyclic) bond motifs is 1. The summed E-state index contributed by atoms with van der Waals surface area (Å²) in [5.41, 5.74) is 0.517. The molecule has 0 aromatic carbocycles. The van der Waals surface area contributed by atoms with Crippen LogP contribution in [0.15, 0.2) is 27.9 Å². The van der Waals surface area contributed by atoms with E-state index in [0.717, 1.165) is 4.40 Å². The molecule has 14 heteroatoms. The van der Waals surface area contributed by atoms with Crippen molar-refractivity contribution in [3.8, 4) is 0 Å². The van der Waals surface area contributed by atoms with Crippen LogP contribution in [0.3, 0.4) is 0 Å². The molecule has 1 N–H and O–H groups in total. The molecule has 0 spiro atoms. The first-order chi connectivity index (χ1) is 14.7. The molecule has 1 fully saturated rings. The Morgan fingerprint density at radius 1 is 1.31 bits per heavy atom. The molecule has 4 rings (SSSR count). The first-order valence-corrected chi connectivity index (χ1v) is 11.4. The highest BCUT2D eigenvalue weighted by atomic mass is 35.5. The van der Waals surface area contributed by atoms with E-state index in [1.54, 1.807) is 6.92 Å². The van der Waals surface area contributed by atoms with Crippen LogP contribution in [-0.2, 0) is 14.9 Å². The number of alkyl halides is 3. The zero-order chi connectivity index (χ0) is 23.6. The van der Waals surface area contributed by atoms with Crippen LogP contribution in [0.25, 0.3) is 5.65 Å². The second-order valence-electron chi connectivity index (χ2n) is 7.92. The fraction of sp³-hybridized carbons (Fsp3) is 0.389. The number of nitrogens with one attached hydrogen (secondary N) is 1. The molecule has 3 aromatic heterocycles. The van der Waals surface area contributed by atoms with Crippen molar-refractivity contribution in [1.82, 2.24) is 18.8 Å². The van der Waals surface area contributed by atoms with E-state index in [0.29, 0.717) is 10.00 Å². The third kappa shape index (κ3) is 3.96. The number of aryl methyl sites for hydroxylation is 1. The van der Waals surface area contributed by atoms with Gasteiger partial charge in [0, 0.05) is 12.3 Å². The van der Waals surface area contributed by atoms with Crippen molar-refractivity contribution in [3.63, 3.8) is 0 Å². The van der Waals surface area contributed by atoms with E-state index in [-0.39, 0.29) is 32.8 Å². The van der Waals surface area contributed by atoms with Crippen LogP contribution in [0.1, 0.15) is 35.6 Å². The summed E-state index contributed by atoms with van der Waals surface area (Å²) >= 11 is 12.6. The fourth-order valence-corrected chi connectivity index (χ4v) is 5.54. The number of halogens is 4. The number of carbonyl (C=O) groups is 1. The maximum Gasteiger partial charge on any atom is 0.275 e. The molecule has 1 amide bonds. The summed E-state index contributed by atoms with van der Waals surface area (Å²) in [4.78, 5) is 15.7. The minimum Gasteiger partial charge on any atom is -0.338 e. The van der Waals surface area contributed by atoms with E-state index in [2.05, 4.69) is 15.5 Å². The van der Waals surface area contributed by atoms with Gasteiger partial charge in [-0.1, -0.05) is 16.8 Å². The van der Waals surface area contributed by atoms with Gasteiger partial charge in [0.05, 0.1) is 34.2 Å². The van der Waals surface area contributed by atoms with Crippen LogP contribution in [0.2, 0.25) is 5.02 Å². The molecule has 0 unspecified atom stereocenters.